The third kappa shape index (κ3) is 24.4. The quantitative estimate of drug-likeness (QED) is 0.0844. The number of hydrogen-bond acceptors (Lipinski definition) is 7. The van der Waals surface area contributed by atoms with Crippen molar-refractivity contribution in [1.29, 1.82) is 0 Å². The number of phosphoric ester groups is 1. The molecule has 0 amide bonds. The van der Waals surface area contributed by atoms with Gasteiger partial charge in [-0.05, 0) is 6.42 Å². The van der Waals surface area contributed by atoms with E-state index in [-0.39, 0.29) is 25.7 Å². The Kier molecular flexibility index (Phi) is 22.9. The van der Waals surface area contributed by atoms with E-state index < -0.39 is 20.5 Å². The van der Waals surface area contributed by atoms with Crippen LogP contribution in [0.2, 0.25) is 0 Å². The second-order valence-corrected chi connectivity index (χ2v) is 10.2. The van der Waals surface area contributed by atoms with E-state index in [1.165, 1.54) is 83.5 Å². The van der Waals surface area contributed by atoms with Crippen LogP contribution >= 0.6 is 7.82 Å². The normalized spacial score (nSPS) is 14.2. The number of hydrogen-bond donors (Lipinski definition) is 3. The second kappa shape index (κ2) is 23.3. The monoisotopic (exact) mass is 495 g/mol. The molecule has 0 saturated heterocycles. The van der Waals surface area contributed by atoms with Gasteiger partial charge in [-0.2, -0.15) is 0 Å². The Balaban J connectivity index is 3.40. The molecule has 0 aromatic carbocycles. The molecule has 1 unspecified atom stereocenters. The van der Waals surface area contributed by atoms with Crippen LogP contribution in [0.5, 0.6) is 0 Å². The summed E-state index contributed by atoms with van der Waals surface area (Å²) in [6, 6.07) is 0. The number of esters is 1. The zero-order chi connectivity index (χ0) is 24.6. The fourth-order valence-electron chi connectivity index (χ4n) is 3.51. The van der Waals surface area contributed by atoms with Gasteiger partial charge in [0.05, 0.1) is 13.2 Å². The average molecular weight is 496 g/mol. The van der Waals surface area contributed by atoms with E-state index in [2.05, 4.69) is 16.0 Å². The van der Waals surface area contributed by atoms with Crippen LogP contribution in [-0.2, 0) is 23.1 Å². The molecule has 0 radical (unpaired) electrons. The van der Waals surface area contributed by atoms with Gasteiger partial charge in [-0.3, -0.25) is 13.8 Å². The fourth-order valence-corrected chi connectivity index (χ4v) is 4.28. The molecule has 0 aliphatic carbocycles. The molecule has 0 rings (SSSR count). The van der Waals surface area contributed by atoms with Crippen LogP contribution in [0.3, 0.4) is 0 Å². The minimum atomic E-state index is -4.24. The molecule has 8 nitrogen and oxygen atoms in total. The van der Waals surface area contributed by atoms with Gasteiger partial charge in [0.25, 0.3) is 0 Å². The summed E-state index contributed by atoms with van der Waals surface area (Å²) in [4.78, 5) is 21.0. The maximum absolute atomic E-state index is 11.7. The number of aliphatic hydroxyl groups excluding tert-OH is 1. The van der Waals surface area contributed by atoms with Gasteiger partial charge in [-0.25, -0.2) is 4.57 Å². The Hall–Kier alpha value is -0.500. The van der Waals surface area contributed by atoms with Gasteiger partial charge in [-0.1, -0.05) is 103 Å². The van der Waals surface area contributed by atoms with Gasteiger partial charge >= 0.3 is 13.8 Å². The number of unbranched alkanes of at least 4 members (excludes halogenated alkanes) is 15. The summed E-state index contributed by atoms with van der Waals surface area (Å²) >= 11 is 0. The highest BCUT2D eigenvalue weighted by atomic mass is 31.2. The Morgan fingerprint density at radius 1 is 0.788 bits per heavy atom. The van der Waals surface area contributed by atoms with Crippen molar-refractivity contribution in [2.75, 3.05) is 26.4 Å². The van der Waals surface area contributed by atoms with Gasteiger partial charge in [0.2, 0.25) is 0 Å². The summed E-state index contributed by atoms with van der Waals surface area (Å²) in [5.41, 5.74) is 5.17. The lowest BCUT2D eigenvalue weighted by atomic mass is 10.0. The molecule has 9 heteroatoms. The van der Waals surface area contributed by atoms with Crippen LogP contribution in [0, 0.1) is 0 Å². The molecule has 0 aliphatic rings. The topological polar surface area (TPSA) is 128 Å². The smallest absolute Gasteiger partial charge is 0.463 e. The largest absolute Gasteiger partial charge is 0.472 e. The number of phosphoric acid groups is 1. The van der Waals surface area contributed by atoms with Crippen LogP contribution in [0.25, 0.3) is 0 Å². The molecule has 0 fully saturated rings. The Bertz CT molecular complexity index is 493. The predicted octanol–water partition coefficient (Wildman–Crippen LogP) is 5.63. The number of carbonyl (C=O) groups is 1. The van der Waals surface area contributed by atoms with Gasteiger partial charge in [-0.15, -0.1) is 0 Å². The van der Waals surface area contributed by atoms with E-state index in [1.807, 2.05) is 0 Å². The van der Waals surface area contributed by atoms with E-state index >= 15 is 0 Å². The van der Waals surface area contributed by atoms with E-state index in [1.54, 1.807) is 0 Å². The molecular weight excluding hydrogens is 445 g/mol. The SMILES string of the molecule is CCCCCCCCCCCCCCCCCCC(=O)OC[C@@H](O)COP(=O)(O)OCCN. The highest BCUT2D eigenvalue weighted by molar-refractivity contribution is 7.47. The van der Waals surface area contributed by atoms with Crippen molar-refractivity contribution < 1.29 is 33.1 Å². The first-order chi connectivity index (χ1) is 15.9. The average Bonchev–Trinajstić information content (AvgIpc) is 2.80. The van der Waals surface area contributed by atoms with Crippen LogP contribution in [-0.4, -0.2) is 48.4 Å². The zero-order valence-corrected chi connectivity index (χ0v) is 21.8. The number of nitrogens with two attached hydrogens (primary N) is 1. The lowest BCUT2D eigenvalue weighted by molar-refractivity contribution is -0.147. The minimum Gasteiger partial charge on any atom is -0.463 e. The highest BCUT2D eigenvalue weighted by Gasteiger charge is 2.22. The molecule has 0 saturated carbocycles. The molecule has 0 spiro atoms. The number of rotatable bonds is 25. The second-order valence-electron chi connectivity index (χ2n) is 8.78. The summed E-state index contributed by atoms with van der Waals surface area (Å²) in [6.45, 7) is 1.46. The fraction of sp³-hybridized carbons (Fsp3) is 0.958. The zero-order valence-electron chi connectivity index (χ0n) is 20.9. The minimum absolute atomic E-state index is 0.0768. The Labute approximate surface area is 201 Å². The number of ether oxygens (including phenoxy) is 1. The molecule has 198 valence electrons. The standard InChI is InChI=1S/C24H50NO7P/c1-2-3-4-5-6-7-8-9-10-11-12-13-14-15-16-17-18-24(27)30-21-23(26)22-32-33(28,29)31-20-19-25/h23,26H,2-22,25H2,1H3,(H,28,29)/t23-/m1/s1. The van der Waals surface area contributed by atoms with Gasteiger partial charge in [0, 0.05) is 13.0 Å². The third-order valence-corrected chi connectivity index (χ3v) is 6.46. The van der Waals surface area contributed by atoms with Crippen LogP contribution in [0.1, 0.15) is 116 Å². The lowest BCUT2D eigenvalue weighted by Gasteiger charge is -2.15. The van der Waals surface area contributed by atoms with E-state index in [9.17, 15) is 19.4 Å². The van der Waals surface area contributed by atoms with E-state index in [0.29, 0.717) is 6.42 Å². The van der Waals surface area contributed by atoms with Crippen molar-refractivity contribution in [3.8, 4) is 0 Å². The summed E-state index contributed by atoms with van der Waals surface area (Å²) < 4.78 is 25.6. The molecule has 0 aromatic rings. The molecule has 0 bridgehead atoms. The summed E-state index contributed by atoms with van der Waals surface area (Å²) in [7, 11) is -4.24. The van der Waals surface area contributed by atoms with Crippen molar-refractivity contribution >= 4 is 13.8 Å². The maximum Gasteiger partial charge on any atom is 0.472 e. The van der Waals surface area contributed by atoms with Gasteiger partial charge in [0.15, 0.2) is 0 Å². The summed E-state index contributed by atoms with van der Waals surface area (Å²) in [5.74, 6) is -0.383. The molecule has 0 aromatic heterocycles. The van der Waals surface area contributed by atoms with Crippen LogP contribution in [0.4, 0.5) is 0 Å². The molecular formula is C24H50NO7P. The van der Waals surface area contributed by atoms with Crippen molar-refractivity contribution in [2.45, 2.75) is 122 Å². The molecule has 0 heterocycles. The highest BCUT2D eigenvalue weighted by Crippen LogP contribution is 2.42. The van der Waals surface area contributed by atoms with Crippen molar-refractivity contribution in [1.82, 2.24) is 0 Å². The van der Waals surface area contributed by atoms with Crippen LogP contribution < -0.4 is 5.73 Å². The summed E-state index contributed by atoms with van der Waals surface area (Å²) in [5, 5.41) is 9.68. The predicted molar refractivity (Wildman–Crippen MR) is 132 cm³/mol. The van der Waals surface area contributed by atoms with Crippen LogP contribution in [0.15, 0.2) is 0 Å². The van der Waals surface area contributed by atoms with Gasteiger partial charge < -0.3 is 20.5 Å². The van der Waals surface area contributed by atoms with E-state index in [4.69, 9.17) is 10.5 Å². The van der Waals surface area contributed by atoms with Crippen molar-refractivity contribution in [3.05, 3.63) is 0 Å². The Morgan fingerprint density at radius 3 is 1.70 bits per heavy atom. The van der Waals surface area contributed by atoms with E-state index in [0.717, 1.165) is 19.3 Å². The first-order valence-corrected chi connectivity index (χ1v) is 14.6. The molecule has 2 atom stereocenters. The van der Waals surface area contributed by atoms with Crippen molar-refractivity contribution in [2.24, 2.45) is 5.73 Å². The maximum atomic E-state index is 11.7. The summed E-state index contributed by atoms with van der Waals surface area (Å²) in [6.07, 6.45) is 19.5. The first-order valence-electron chi connectivity index (χ1n) is 13.1. The first kappa shape index (κ1) is 32.5. The molecule has 4 N–H and O–H groups in total. The number of carbonyl (C=O) groups excluding carboxylic acids is 1. The lowest BCUT2D eigenvalue weighted by Crippen LogP contribution is -2.23. The molecule has 33 heavy (non-hydrogen) atoms. The third-order valence-electron chi connectivity index (χ3n) is 5.47. The van der Waals surface area contributed by atoms with Crippen molar-refractivity contribution in [3.63, 3.8) is 0 Å². The Morgan fingerprint density at radius 2 is 1.24 bits per heavy atom. The number of aliphatic hydroxyl groups is 1. The van der Waals surface area contributed by atoms with Gasteiger partial charge in [0.1, 0.15) is 12.7 Å². The molecule has 0 aliphatic heterocycles.